The van der Waals surface area contributed by atoms with Crippen molar-refractivity contribution in [1.82, 2.24) is 10.2 Å². The Morgan fingerprint density at radius 2 is 1.80 bits per heavy atom. The maximum Gasteiger partial charge on any atom is 0.262 e. The summed E-state index contributed by atoms with van der Waals surface area (Å²) in [7, 11) is 1.57. The molecule has 2 rings (SSSR count). The van der Waals surface area contributed by atoms with Crippen LogP contribution in [0, 0.1) is 6.92 Å². The molecular weight excluding hydrogens is 402 g/mol. The molecule has 164 valence electrons. The highest BCUT2D eigenvalue weighted by molar-refractivity contribution is 6.31. The van der Waals surface area contributed by atoms with E-state index in [1.165, 1.54) is 0 Å². The molecule has 0 aliphatic carbocycles. The number of likely N-dealkylation sites (N-methyl/N-ethyl adjacent to an activating group) is 1. The molecule has 0 heterocycles. The number of methoxy groups -OCH3 is 1. The molecule has 1 amide bonds. The number of anilines is 1. The van der Waals surface area contributed by atoms with Gasteiger partial charge in [0.1, 0.15) is 0 Å². The minimum absolute atomic E-state index is 0.137. The van der Waals surface area contributed by atoms with Crippen molar-refractivity contribution >= 4 is 23.2 Å². The fourth-order valence-corrected chi connectivity index (χ4v) is 3.18. The van der Waals surface area contributed by atoms with Crippen molar-refractivity contribution in [3.8, 4) is 11.5 Å². The molecule has 0 spiro atoms. The molecule has 7 heteroatoms. The van der Waals surface area contributed by atoms with Gasteiger partial charge in [-0.15, -0.1) is 0 Å². The van der Waals surface area contributed by atoms with Gasteiger partial charge in [-0.25, -0.2) is 0 Å². The zero-order chi connectivity index (χ0) is 21.9. The number of ether oxygens (including phenoxy) is 2. The van der Waals surface area contributed by atoms with Crippen molar-refractivity contribution in [2.24, 2.45) is 0 Å². The summed E-state index contributed by atoms with van der Waals surface area (Å²) in [5.41, 5.74) is 2.78. The molecule has 0 saturated heterocycles. The van der Waals surface area contributed by atoms with Crippen LogP contribution in [0.1, 0.15) is 25.0 Å². The number of nitrogens with zero attached hydrogens (tertiary/aromatic N) is 1. The number of amides is 1. The van der Waals surface area contributed by atoms with E-state index in [-0.39, 0.29) is 12.5 Å². The summed E-state index contributed by atoms with van der Waals surface area (Å²) in [5.74, 6) is 0.732. The van der Waals surface area contributed by atoms with Crippen molar-refractivity contribution in [3.05, 3.63) is 52.5 Å². The third kappa shape index (κ3) is 7.52. The highest BCUT2D eigenvalue weighted by atomic mass is 35.5. The zero-order valence-electron chi connectivity index (χ0n) is 18.3. The number of hydrogen-bond donors (Lipinski definition) is 2. The van der Waals surface area contributed by atoms with E-state index in [0.717, 1.165) is 43.0 Å². The molecular formula is C23H32ClN3O3. The first-order valence-electron chi connectivity index (χ1n) is 10.3. The average Bonchev–Trinajstić information content (AvgIpc) is 2.75. The van der Waals surface area contributed by atoms with Crippen molar-refractivity contribution in [2.75, 3.05) is 45.2 Å². The van der Waals surface area contributed by atoms with Crippen LogP contribution in [0.3, 0.4) is 0 Å². The summed E-state index contributed by atoms with van der Waals surface area (Å²) in [6, 6.07) is 11.1. The van der Waals surface area contributed by atoms with Gasteiger partial charge in [0.15, 0.2) is 18.1 Å². The van der Waals surface area contributed by atoms with E-state index in [1.54, 1.807) is 13.2 Å². The van der Waals surface area contributed by atoms with E-state index in [9.17, 15) is 4.79 Å². The van der Waals surface area contributed by atoms with E-state index >= 15 is 0 Å². The standard InChI is InChI=1S/C23H32ClN3O3/c1-5-27(6-2)12-11-25-15-18-13-21(29-4)22(14-20(18)24)30-16-23(28)26-19-9-7-17(3)8-10-19/h7-10,13-14,25H,5-6,11-12,15-16H2,1-4H3,(H,26,28). The maximum absolute atomic E-state index is 12.2. The second-order valence-corrected chi connectivity index (χ2v) is 7.41. The molecule has 0 fully saturated rings. The molecule has 0 aliphatic rings. The van der Waals surface area contributed by atoms with Crippen molar-refractivity contribution in [2.45, 2.75) is 27.3 Å². The van der Waals surface area contributed by atoms with Gasteiger partial charge in [0.2, 0.25) is 0 Å². The predicted molar refractivity (Wildman–Crippen MR) is 123 cm³/mol. The summed E-state index contributed by atoms with van der Waals surface area (Å²) in [4.78, 5) is 14.5. The van der Waals surface area contributed by atoms with E-state index < -0.39 is 0 Å². The van der Waals surface area contributed by atoms with Crippen molar-refractivity contribution < 1.29 is 14.3 Å². The summed E-state index contributed by atoms with van der Waals surface area (Å²) in [6.45, 7) is 10.7. The van der Waals surface area contributed by atoms with Crippen LogP contribution in [0.5, 0.6) is 11.5 Å². The predicted octanol–water partition coefficient (Wildman–Crippen LogP) is 4.11. The maximum atomic E-state index is 12.2. The van der Waals surface area contributed by atoms with E-state index in [4.69, 9.17) is 21.1 Å². The zero-order valence-corrected chi connectivity index (χ0v) is 19.0. The molecule has 0 aromatic heterocycles. The van der Waals surface area contributed by atoms with E-state index in [1.807, 2.05) is 37.3 Å². The minimum Gasteiger partial charge on any atom is -0.493 e. The molecule has 0 aliphatic heterocycles. The smallest absolute Gasteiger partial charge is 0.262 e. The lowest BCUT2D eigenvalue weighted by Gasteiger charge is -2.18. The number of halogens is 1. The lowest BCUT2D eigenvalue weighted by atomic mass is 10.2. The summed E-state index contributed by atoms with van der Waals surface area (Å²) < 4.78 is 11.1. The Hall–Kier alpha value is -2.28. The Labute approximate surface area is 184 Å². The Balaban J connectivity index is 1.91. The molecule has 0 radical (unpaired) electrons. The highest BCUT2D eigenvalue weighted by Gasteiger charge is 2.13. The largest absolute Gasteiger partial charge is 0.493 e. The number of aryl methyl sites for hydroxylation is 1. The number of carbonyl (C=O) groups excluding carboxylic acids is 1. The Morgan fingerprint density at radius 3 is 2.43 bits per heavy atom. The first-order valence-corrected chi connectivity index (χ1v) is 10.6. The number of benzene rings is 2. The lowest BCUT2D eigenvalue weighted by molar-refractivity contribution is -0.118. The lowest BCUT2D eigenvalue weighted by Crippen LogP contribution is -2.31. The molecule has 0 saturated carbocycles. The van der Waals surface area contributed by atoms with Gasteiger partial charge in [-0.05, 0) is 43.8 Å². The SMILES string of the molecule is CCN(CC)CCNCc1cc(OC)c(OCC(=O)Nc2ccc(C)cc2)cc1Cl. The molecule has 0 atom stereocenters. The minimum atomic E-state index is -0.251. The van der Waals surface area contributed by atoms with Gasteiger partial charge in [0.25, 0.3) is 5.91 Å². The number of rotatable bonds is 12. The second kappa shape index (κ2) is 12.4. The summed E-state index contributed by atoms with van der Waals surface area (Å²) >= 11 is 6.43. The number of hydrogen-bond acceptors (Lipinski definition) is 5. The van der Waals surface area contributed by atoms with Gasteiger partial charge in [0, 0.05) is 36.4 Å². The van der Waals surface area contributed by atoms with Crippen LogP contribution in [0.15, 0.2) is 36.4 Å². The van der Waals surface area contributed by atoms with Gasteiger partial charge in [-0.3, -0.25) is 4.79 Å². The van der Waals surface area contributed by atoms with Crippen LogP contribution in [0.4, 0.5) is 5.69 Å². The Bertz CT molecular complexity index is 808. The van der Waals surface area contributed by atoms with Crippen molar-refractivity contribution in [1.29, 1.82) is 0 Å². The number of nitrogens with one attached hydrogen (secondary N) is 2. The average molecular weight is 434 g/mol. The molecule has 2 N–H and O–H groups in total. The van der Waals surface area contributed by atoms with Gasteiger partial charge in [-0.1, -0.05) is 43.1 Å². The van der Waals surface area contributed by atoms with Gasteiger partial charge in [-0.2, -0.15) is 0 Å². The first-order chi connectivity index (χ1) is 14.5. The Morgan fingerprint density at radius 1 is 1.10 bits per heavy atom. The number of carbonyl (C=O) groups is 1. The van der Waals surface area contributed by atoms with Crippen LogP contribution >= 0.6 is 11.6 Å². The van der Waals surface area contributed by atoms with Crippen molar-refractivity contribution in [3.63, 3.8) is 0 Å². The third-order valence-electron chi connectivity index (χ3n) is 4.84. The second-order valence-electron chi connectivity index (χ2n) is 7.00. The van der Waals surface area contributed by atoms with E-state index in [0.29, 0.717) is 23.1 Å². The van der Waals surface area contributed by atoms with E-state index in [2.05, 4.69) is 29.4 Å². The third-order valence-corrected chi connectivity index (χ3v) is 5.19. The Kier molecular flexibility index (Phi) is 9.94. The fraction of sp³-hybridized carbons (Fsp3) is 0.435. The van der Waals surface area contributed by atoms with Crippen LogP contribution in [0.25, 0.3) is 0 Å². The quantitative estimate of drug-likeness (QED) is 0.493. The first kappa shape index (κ1) is 24.0. The van der Waals surface area contributed by atoms with Crippen LogP contribution < -0.4 is 20.1 Å². The fourth-order valence-electron chi connectivity index (χ4n) is 2.96. The molecule has 2 aromatic carbocycles. The molecule has 30 heavy (non-hydrogen) atoms. The molecule has 0 unspecified atom stereocenters. The molecule has 2 aromatic rings. The van der Waals surface area contributed by atoms with Crippen LogP contribution in [-0.4, -0.2) is 50.7 Å². The van der Waals surface area contributed by atoms with Crippen LogP contribution in [0.2, 0.25) is 5.02 Å². The topological polar surface area (TPSA) is 62.8 Å². The summed E-state index contributed by atoms with van der Waals surface area (Å²) in [6.07, 6.45) is 0. The summed E-state index contributed by atoms with van der Waals surface area (Å²) in [5, 5.41) is 6.78. The molecule has 0 bridgehead atoms. The van der Waals surface area contributed by atoms with Gasteiger partial charge >= 0.3 is 0 Å². The molecule has 6 nitrogen and oxygen atoms in total. The van der Waals surface area contributed by atoms with Gasteiger partial charge in [0.05, 0.1) is 7.11 Å². The van der Waals surface area contributed by atoms with Crippen LogP contribution in [-0.2, 0) is 11.3 Å². The monoisotopic (exact) mass is 433 g/mol. The highest BCUT2D eigenvalue weighted by Crippen LogP contribution is 2.33. The van der Waals surface area contributed by atoms with Gasteiger partial charge < -0.3 is 25.0 Å². The normalized spacial score (nSPS) is 10.9.